The molecule has 0 amide bonds. The van der Waals surface area contributed by atoms with Gasteiger partial charge in [0.1, 0.15) is 5.82 Å². The lowest BCUT2D eigenvalue weighted by Crippen LogP contribution is -2.14. The summed E-state index contributed by atoms with van der Waals surface area (Å²) >= 11 is 0. The largest absolute Gasteiger partial charge is 0.478 e. The molecule has 1 aromatic carbocycles. The number of rotatable bonds is 6. The molecule has 110 valence electrons. The molecule has 0 atom stereocenters. The van der Waals surface area contributed by atoms with Crippen LogP contribution in [0, 0.1) is 0 Å². The molecule has 2 N–H and O–H groups in total. The van der Waals surface area contributed by atoms with Crippen molar-refractivity contribution in [1.29, 1.82) is 0 Å². The molecule has 0 unspecified atom stereocenters. The van der Waals surface area contributed by atoms with E-state index < -0.39 is 5.97 Å². The third-order valence-corrected chi connectivity index (χ3v) is 3.10. The molecular weight excluding hydrogens is 266 g/mol. The second-order valence-electron chi connectivity index (χ2n) is 5.03. The average Bonchev–Trinajstić information content (AvgIpc) is 2.48. The molecule has 0 radical (unpaired) electrons. The van der Waals surface area contributed by atoms with E-state index in [9.17, 15) is 4.79 Å². The first kappa shape index (κ1) is 15.0. The number of hydrogen-bond donors (Lipinski definition) is 2. The Hall–Kier alpha value is -2.40. The van der Waals surface area contributed by atoms with E-state index in [1.807, 2.05) is 43.4 Å². The highest BCUT2D eigenvalue weighted by Crippen LogP contribution is 2.08. The number of pyridine rings is 1. The summed E-state index contributed by atoms with van der Waals surface area (Å²) in [7, 11) is 3.91. The maximum atomic E-state index is 10.9. The van der Waals surface area contributed by atoms with Gasteiger partial charge in [-0.25, -0.2) is 9.78 Å². The molecule has 0 saturated carbocycles. The molecule has 2 aromatic rings. The third-order valence-electron chi connectivity index (χ3n) is 3.10. The highest BCUT2D eigenvalue weighted by molar-refractivity contribution is 5.87. The number of anilines is 1. The zero-order chi connectivity index (χ0) is 15.2. The number of aromatic carboxylic acids is 1. The Balaban J connectivity index is 1.89. The highest BCUT2D eigenvalue weighted by atomic mass is 16.4. The van der Waals surface area contributed by atoms with Crippen LogP contribution in [-0.2, 0) is 13.1 Å². The van der Waals surface area contributed by atoms with Gasteiger partial charge in [-0.1, -0.05) is 18.2 Å². The molecule has 5 nitrogen and oxygen atoms in total. The molecule has 0 aliphatic rings. The molecule has 0 aliphatic heterocycles. The second kappa shape index (κ2) is 6.85. The predicted molar refractivity (Wildman–Crippen MR) is 82.5 cm³/mol. The van der Waals surface area contributed by atoms with Crippen LogP contribution in [0.15, 0.2) is 42.6 Å². The molecule has 1 heterocycles. The molecule has 21 heavy (non-hydrogen) atoms. The first-order valence-electron chi connectivity index (χ1n) is 6.71. The number of nitrogens with zero attached hydrogens (tertiary/aromatic N) is 2. The smallest absolute Gasteiger partial charge is 0.335 e. The van der Waals surface area contributed by atoms with Crippen LogP contribution in [0.25, 0.3) is 0 Å². The summed E-state index contributed by atoms with van der Waals surface area (Å²) in [6, 6.07) is 10.9. The van der Waals surface area contributed by atoms with Crippen molar-refractivity contribution < 1.29 is 9.90 Å². The minimum absolute atomic E-state index is 0.311. The molecule has 0 spiro atoms. The Labute approximate surface area is 124 Å². The number of nitrogens with one attached hydrogen (secondary N) is 1. The van der Waals surface area contributed by atoms with E-state index in [-0.39, 0.29) is 0 Å². The fraction of sp³-hybridized carbons (Fsp3) is 0.250. The van der Waals surface area contributed by atoms with E-state index in [4.69, 9.17) is 5.11 Å². The third kappa shape index (κ3) is 4.29. The molecule has 0 bridgehead atoms. The van der Waals surface area contributed by atoms with Crippen molar-refractivity contribution in [2.24, 2.45) is 0 Å². The summed E-state index contributed by atoms with van der Waals surface area (Å²) in [6.07, 6.45) is 1.84. The molecule has 0 fully saturated rings. The van der Waals surface area contributed by atoms with Crippen LogP contribution in [-0.4, -0.2) is 30.2 Å². The molecule has 0 aliphatic carbocycles. The minimum atomic E-state index is -0.902. The lowest BCUT2D eigenvalue weighted by molar-refractivity contribution is 0.0696. The Morgan fingerprint density at radius 1 is 1.19 bits per heavy atom. The molecule has 0 saturated heterocycles. The van der Waals surface area contributed by atoms with Crippen LogP contribution in [0.1, 0.15) is 21.5 Å². The van der Waals surface area contributed by atoms with Crippen molar-refractivity contribution in [3.63, 3.8) is 0 Å². The summed E-state index contributed by atoms with van der Waals surface area (Å²) in [5.41, 5.74) is 2.36. The van der Waals surface area contributed by atoms with Crippen molar-refractivity contribution in [3.8, 4) is 0 Å². The first-order valence-corrected chi connectivity index (χ1v) is 6.71. The maximum Gasteiger partial charge on any atom is 0.335 e. The van der Waals surface area contributed by atoms with Crippen molar-refractivity contribution in [2.75, 3.05) is 19.0 Å². The monoisotopic (exact) mass is 285 g/mol. The Bertz CT molecular complexity index is 609. The van der Waals surface area contributed by atoms with Crippen LogP contribution in [0.4, 0.5) is 5.82 Å². The van der Waals surface area contributed by atoms with Crippen molar-refractivity contribution in [3.05, 3.63) is 59.3 Å². The van der Waals surface area contributed by atoms with Gasteiger partial charge in [-0.3, -0.25) is 0 Å². The van der Waals surface area contributed by atoms with Gasteiger partial charge in [0.15, 0.2) is 0 Å². The Morgan fingerprint density at radius 2 is 1.95 bits per heavy atom. The minimum Gasteiger partial charge on any atom is -0.478 e. The number of carboxylic acids is 1. The van der Waals surface area contributed by atoms with Gasteiger partial charge in [0, 0.05) is 33.4 Å². The topological polar surface area (TPSA) is 65.5 Å². The zero-order valence-corrected chi connectivity index (χ0v) is 12.2. The van der Waals surface area contributed by atoms with Crippen molar-refractivity contribution in [1.82, 2.24) is 10.3 Å². The summed E-state index contributed by atoms with van der Waals surface area (Å²) in [4.78, 5) is 17.2. The van der Waals surface area contributed by atoms with Gasteiger partial charge in [-0.2, -0.15) is 0 Å². The van der Waals surface area contributed by atoms with Gasteiger partial charge >= 0.3 is 5.97 Å². The predicted octanol–water partition coefficient (Wildman–Crippen LogP) is 2.14. The molecule has 1 aromatic heterocycles. The summed E-state index contributed by atoms with van der Waals surface area (Å²) < 4.78 is 0. The van der Waals surface area contributed by atoms with Crippen LogP contribution in [0.2, 0.25) is 0 Å². The maximum absolute atomic E-state index is 10.9. The van der Waals surface area contributed by atoms with Crippen LogP contribution >= 0.6 is 0 Å². The van der Waals surface area contributed by atoms with Crippen LogP contribution in [0.5, 0.6) is 0 Å². The zero-order valence-electron chi connectivity index (χ0n) is 12.2. The summed E-state index contributed by atoms with van der Waals surface area (Å²) in [6.45, 7) is 1.31. The van der Waals surface area contributed by atoms with E-state index in [0.717, 1.165) is 16.9 Å². The standard InChI is InChI=1S/C16H19N3O2/c1-19(2)15-7-6-13(11-18-15)10-17-9-12-4-3-5-14(8-12)16(20)21/h3-8,11,17H,9-10H2,1-2H3,(H,20,21). The second-order valence-corrected chi connectivity index (χ2v) is 5.03. The molecule has 2 rings (SSSR count). The van der Waals surface area contributed by atoms with Crippen molar-refractivity contribution >= 4 is 11.8 Å². The number of benzene rings is 1. The first-order chi connectivity index (χ1) is 10.1. The van der Waals surface area contributed by atoms with Gasteiger partial charge in [0.05, 0.1) is 5.56 Å². The summed E-state index contributed by atoms with van der Waals surface area (Å²) in [5, 5.41) is 12.2. The number of carboxylic acid groups (broad SMARTS) is 1. The van der Waals surface area contributed by atoms with Crippen molar-refractivity contribution in [2.45, 2.75) is 13.1 Å². The number of hydrogen-bond acceptors (Lipinski definition) is 4. The fourth-order valence-corrected chi connectivity index (χ4v) is 1.95. The fourth-order valence-electron chi connectivity index (χ4n) is 1.95. The van der Waals surface area contributed by atoms with Gasteiger partial charge in [-0.05, 0) is 29.3 Å². The van der Waals surface area contributed by atoms with Gasteiger partial charge < -0.3 is 15.3 Å². The molecular formula is C16H19N3O2. The average molecular weight is 285 g/mol. The van der Waals surface area contributed by atoms with Crippen LogP contribution in [0.3, 0.4) is 0 Å². The van der Waals surface area contributed by atoms with Gasteiger partial charge in [-0.15, -0.1) is 0 Å². The highest BCUT2D eigenvalue weighted by Gasteiger charge is 2.03. The van der Waals surface area contributed by atoms with Gasteiger partial charge in [0.2, 0.25) is 0 Å². The molecule has 5 heteroatoms. The lowest BCUT2D eigenvalue weighted by atomic mass is 10.1. The van der Waals surface area contributed by atoms with E-state index >= 15 is 0 Å². The van der Waals surface area contributed by atoms with E-state index in [1.54, 1.807) is 18.2 Å². The lowest BCUT2D eigenvalue weighted by Gasteiger charge is -2.11. The van der Waals surface area contributed by atoms with E-state index in [1.165, 1.54) is 0 Å². The normalized spacial score (nSPS) is 10.4. The van der Waals surface area contributed by atoms with Gasteiger partial charge in [0.25, 0.3) is 0 Å². The van der Waals surface area contributed by atoms with E-state index in [2.05, 4.69) is 10.3 Å². The van der Waals surface area contributed by atoms with Crippen LogP contribution < -0.4 is 10.2 Å². The quantitative estimate of drug-likeness (QED) is 0.851. The summed E-state index contributed by atoms with van der Waals surface area (Å²) in [5.74, 6) is 0.0215. The number of aromatic nitrogens is 1. The van der Waals surface area contributed by atoms with E-state index in [0.29, 0.717) is 18.7 Å². The number of carbonyl (C=O) groups is 1. The SMILES string of the molecule is CN(C)c1ccc(CNCc2cccc(C(=O)O)c2)cn1. The Morgan fingerprint density at radius 3 is 2.57 bits per heavy atom. The Kier molecular flexibility index (Phi) is 4.90.